The highest BCUT2D eigenvalue weighted by Crippen LogP contribution is 2.17. The average molecular weight is 214 g/mol. The molecule has 4 heteroatoms. The molecule has 1 aliphatic rings. The van der Waals surface area contributed by atoms with Crippen molar-refractivity contribution in [3.8, 4) is 0 Å². The van der Waals surface area contributed by atoms with Gasteiger partial charge in [0.05, 0.1) is 33.2 Å². The van der Waals surface area contributed by atoms with Crippen LogP contribution in [0.2, 0.25) is 0 Å². The van der Waals surface area contributed by atoms with Crippen molar-refractivity contribution in [3.63, 3.8) is 0 Å². The summed E-state index contributed by atoms with van der Waals surface area (Å²) in [5.41, 5.74) is 3.05. The van der Waals surface area contributed by atoms with E-state index in [9.17, 15) is 4.79 Å². The molecule has 1 heterocycles. The lowest BCUT2D eigenvalue weighted by Crippen LogP contribution is -3.12. The number of nitrogens with zero attached hydrogens (tertiary/aromatic N) is 1. The monoisotopic (exact) mass is 214 g/mol. The number of nitrogens with one attached hydrogen (secondary N) is 2. The molecule has 1 rings (SSSR count). The third-order valence-corrected chi connectivity index (χ3v) is 2.59. The summed E-state index contributed by atoms with van der Waals surface area (Å²) < 4.78 is 0. The van der Waals surface area contributed by atoms with Gasteiger partial charge in [0.25, 0.3) is 0 Å². The van der Waals surface area contributed by atoms with Gasteiger partial charge in [-0.05, 0) is 5.41 Å². The molecule has 1 aliphatic heterocycles. The smallest absolute Gasteiger partial charge is 0.234 e. The van der Waals surface area contributed by atoms with Gasteiger partial charge >= 0.3 is 0 Å². The maximum Gasteiger partial charge on any atom is 0.234 e. The lowest BCUT2D eigenvalue weighted by molar-refractivity contribution is -0.884. The third kappa shape index (κ3) is 5.14. The van der Waals surface area contributed by atoms with Gasteiger partial charge in [-0.3, -0.25) is 10.2 Å². The Morgan fingerprint density at radius 3 is 2.33 bits per heavy atom. The van der Waals surface area contributed by atoms with Crippen LogP contribution in [0.25, 0.3) is 0 Å². The van der Waals surface area contributed by atoms with E-state index in [-0.39, 0.29) is 11.3 Å². The van der Waals surface area contributed by atoms with Crippen molar-refractivity contribution in [2.24, 2.45) is 5.41 Å². The first kappa shape index (κ1) is 12.5. The second-order valence-electron chi connectivity index (χ2n) is 5.72. The predicted octanol–water partition coefficient (Wildman–Crippen LogP) is -0.716. The van der Waals surface area contributed by atoms with E-state index in [4.69, 9.17) is 0 Å². The minimum Gasteiger partial charge on any atom is -0.335 e. The number of amides is 1. The predicted molar refractivity (Wildman–Crippen MR) is 60.4 cm³/mol. The molecule has 0 spiro atoms. The Bertz CT molecular complexity index is 214. The van der Waals surface area contributed by atoms with Crippen molar-refractivity contribution in [2.45, 2.75) is 27.2 Å². The van der Waals surface area contributed by atoms with Crippen LogP contribution in [-0.2, 0) is 4.79 Å². The van der Waals surface area contributed by atoms with Crippen LogP contribution in [0.1, 0.15) is 27.2 Å². The number of carbonyl (C=O) groups excluding carboxylic acids is 1. The van der Waals surface area contributed by atoms with E-state index in [0.29, 0.717) is 6.42 Å². The fourth-order valence-corrected chi connectivity index (χ4v) is 1.70. The molecule has 15 heavy (non-hydrogen) atoms. The number of hydrogen-bond acceptors (Lipinski definition) is 2. The molecule has 88 valence electrons. The third-order valence-electron chi connectivity index (χ3n) is 2.59. The number of hydrogen-bond donors (Lipinski definition) is 2. The molecule has 4 nitrogen and oxygen atoms in total. The highest BCUT2D eigenvalue weighted by molar-refractivity contribution is 5.76. The van der Waals surface area contributed by atoms with Crippen LogP contribution in [0.15, 0.2) is 0 Å². The van der Waals surface area contributed by atoms with Gasteiger partial charge in [-0.25, -0.2) is 5.01 Å². The number of piperazine rings is 1. The second kappa shape index (κ2) is 4.94. The standard InChI is InChI=1S/C11H23N3O/c1-11(2,3)9-10(15)12-14-7-5-13(4)6-8-14/h5-9H2,1-4H3,(H,12,15)/p+1. The molecular formula is C11H24N3O+. The first-order valence-electron chi connectivity index (χ1n) is 5.72. The number of carbonyl (C=O) groups is 1. The summed E-state index contributed by atoms with van der Waals surface area (Å²) in [4.78, 5) is 13.2. The van der Waals surface area contributed by atoms with Crippen molar-refractivity contribution in [3.05, 3.63) is 0 Å². The normalized spacial score (nSPS) is 20.3. The largest absolute Gasteiger partial charge is 0.335 e. The Kier molecular flexibility index (Phi) is 4.11. The molecule has 0 unspecified atom stereocenters. The lowest BCUT2D eigenvalue weighted by atomic mass is 9.92. The second-order valence-corrected chi connectivity index (χ2v) is 5.72. The van der Waals surface area contributed by atoms with E-state index in [1.54, 1.807) is 0 Å². The topological polar surface area (TPSA) is 36.8 Å². The maximum absolute atomic E-state index is 11.6. The number of hydrazine groups is 1. The van der Waals surface area contributed by atoms with Crippen LogP contribution < -0.4 is 10.3 Å². The maximum atomic E-state index is 11.6. The van der Waals surface area contributed by atoms with Gasteiger partial charge in [0.2, 0.25) is 5.91 Å². The van der Waals surface area contributed by atoms with Crippen molar-refractivity contribution < 1.29 is 9.69 Å². The van der Waals surface area contributed by atoms with E-state index in [2.05, 4.69) is 33.2 Å². The molecule has 1 fully saturated rings. The summed E-state index contributed by atoms with van der Waals surface area (Å²) in [5.74, 6) is 0.141. The molecule has 2 N–H and O–H groups in total. The molecule has 0 saturated carbocycles. The molecule has 1 saturated heterocycles. The summed E-state index contributed by atoms with van der Waals surface area (Å²) in [6, 6.07) is 0. The van der Waals surface area contributed by atoms with E-state index in [0.717, 1.165) is 26.2 Å². The molecule has 0 bridgehead atoms. The Morgan fingerprint density at radius 2 is 1.87 bits per heavy atom. The summed E-state index contributed by atoms with van der Waals surface area (Å²) in [6.07, 6.45) is 0.589. The van der Waals surface area contributed by atoms with Crippen LogP contribution in [0, 0.1) is 5.41 Å². The van der Waals surface area contributed by atoms with Crippen molar-refractivity contribution in [2.75, 3.05) is 33.2 Å². The fourth-order valence-electron chi connectivity index (χ4n) is 1.70. The summed E-state index contributed by atoms with van der Waals surface area (Å²) in [5, 5.41) is 2.04. The Labute approximate surface area is 92.6 Å². The van der Waals surface area contributed by atoms with Gasteiger partial charge < -0.3 is 4.90 Å². The lowest BCUT2D eigenvalue weighted by Gasteiger charge is -2.31. The highest BCUT2D eigenvalue weighted by atomic mass is 16.2. The highest BCUT2D eigenvalue weighted by Gasteiger charge is 2.21. The number of rotatable bonds is 2. The molecular weight excluding hydrogens is 190 g/mol. The Hall–Kier alpha value is -0.610. The van der Waals surface area contributed by atoms with Gasteiger partial charge in [0, 0.05) is 6.42 Å². The van der Waals surface area contributed by atoms with Crippen molar-refractivity contribution in [1.29, 1.82) is 0 Å². The van der Waals surface area contributed by atoms with Crippen LogP contribution in [0.3, 0.4) is 0 Å². The summed E-state index contributed by atoms with van der Waals surface area (Å²) in [6.45, 7) is 10.4. The van der Waals surface area contributed by atoms with Gasteiger partial charge in [0.1, 0.15) is 0 Å². The minimum atomic E-state index is 0.0713. The molecule has 0 aromatic heterocycles. The van der Waals surface area contributed by atoms with E-state index < -0.39 is 0 Å². The van der Waals surface area contributed by atoms with Crippen LogP contribution in [-0.4, -0.2) is 44.1 Å². The first-order chi connectivity index (χ1) is 6.87. The van der Waals surface area contributed by atoms with Crippen molar-refractivity contribution in [1.82, 2.24) is 10.4 Å². The van der Waals surface area contributed by atoms with Gasteiger partial charge in [0.15, 0.2) is 0 Å². The van der Waals surface area contributed by atoms with Gasteiger partial charge in [-0.1, -0.05) is 20.8 Å². The van der Waals surface area contributed by atoms with Gasteiger partial charge in [-0.2, -0.15) is 0 Å². The zero-order chi connectivity index (χ0) is 11.5. The van der Waals surface area contributed by atoms with E-state index >= 15 is 0 Å². The van der Waals surface area contributed by atoms with Crippen molar-refractivity contribution >= 4 is 5.91 Å². The zero-order valence-corrected chi connectivity index (χ0v) is 10.4. The van der Waals surface area contributed by atoms with E-state index in [1.165, 1.54) is 4.90 Å². The SMILES string of the molecule is C[NH+]1CCN(NC(=O)CC(C)(C)C)CC1. The molecule has 0 aromatic rings. The number of quaternary nitrogens is 1. The van der Waals surface area contributed by atoms with Crippen LogP contribution in [0.5, 0.6) is 0 Å². The molecule has 1 amide bonds. The quantitative estimate of drug-likeness (QED) is 0.637. The Morgan fingerprint density at radius 1 is 1.33 bits per heavy atom. The molecule has 0 atom stereocenters. The Balaban J connectivity index is 2.27. The average Bonchev–Trinajstić information content (AvgIpc) is 2.05. The minimum absolute atomic E-state index is 0.0713. The first-order valence-corrected chi connectivity index (χ1v) is 5.72. The molecule has 0 aliphatic carbocycles. The summed E-state index contributed by atoms with van der Waals surface area (Å²) in [7, 11) is 2.19. The molecule has 0 radical (unpaired) electrons. The zero-order valence-electron chi connectivity index (χ0n) is 10.4. The van der Waals surface area contributed by atoms with E-state index in [1.807, 2.05) is 5.01 Å². The van der Waals surface area contributed by atoms with Gasteiger partial charge in [-0.15, -0.1) is 0 Å². The summed E-state index contributed by atoms with van der Waals surface area (Å²) >= 11 is 0. The fraction of sp³-hybridized carbons (Fsp3) is 0.909. The van der Waals surface area contributed by atoms with Crippen LogP contribution in [0.4, 0.5) is 0 Å². The number of likely N-dealkylation sites (N-methyl/N-ethyl adjacent to an activating group) is 1. The molecule has 0 aromatic carbocycles. The van der Waals surface area contributed by atoms with Crippen LogP contribution >= 0.6 is 0 Å².